The van der Waals surface area contributed by atoms with E-state index in [0.717, 1.165) is 32.5 Å². The molecule has 2 aromatic heterocycles. The number of nitrogens with one attached hydrogen (secondary N) is 1. The summed E-state index contributed by atoms with van der Waals surface area (Å²) in [7, 11) is 0. The van der Waals surface area contributed by atoms with Crippen molar-refractivity contribution >= 4 is 38.3 Å². The monoisotopic (exact) mass is 418 g/mol. The quantitative estimate of drug-likeness (QED) is 0.703. The molecule has 0 fully saturated rings. The molecule has 1 aromatic carbocycles. The van der Waals surface area contributed by atoms with Crippen molar-refractivity contribution < 1.29 is 9.18 Å². The summed E-state index contributed by atoms with van der Waals surface area (Å²) >= 11 is 3.40. The van der Waals surface area contributed by atoms with Crippen LogP contribution < -0.4 is 10.9 Å². The van der Waals surface area contributed by atoms with E-state index in [1.165, 1.54) is 6.20 Å². The summed E-state index contributed by atoms with van der Waals surface area (Å²) in [6, 6.07) is 6.48. The van der Waals surface area contributed by atoms with E-state index in [1.807, 2.05) is 19.9 Å². The third kappa shape index (κ3) is 3.80. The van der Waals surface area contributed by atoms with Crippen LogP contribution in [0.5, 0.6) is 0 Å². The van der Waals surface area contributed by atoms with E-state index < -0.39 is 11.7 Å². The molecule has 0 unspecified atom stereocenters. The molecule has 0 spiro atoms. The van der Waals surface area contributed by atoms with E-state index in [1.54, 1.807) is 12.1 Å². The number of hydrogen-bond acceptors (Lipinski definition) is 4. The van der Waals surface area contributed by atoms with Crippen molar-refractivity contribution in [2.24, 2.45) is 0 Å². The number of rotatable bonds is 4. The summed E-state index contributed by atoms with van der Waals surface area (Å²) in [4.78, 5) is 28.6. The second-order valence-corrected chi connectivity index (χ2v) is 7.05. The summed E-state index contributed by atoms with van der Waals surface area (Å²) in [6.45, 7) is 3.66. The molecule has 0 radical (unpaired) electrons. The highest BCUT2D eigenvalue weighted by Crippen LogP contribution is 2.24. The molecule has 0 aliphatic rings. The lowest BCUT2D eigenvalue weighted by Gasteiger charge is -2.13. The second-order valence-electron chi connectivity index (χ2n) is 6.13. The lowest BCUT2D eigenvalue weighted by molar-refractivity contribution is -0.117. The largest absolute Gasteiger partial charge is 0.323 e. The Labute approximate surface area is 157 Å². The molecule has 0 aliphatic heterocycles. The minimum absolute atomic E-state index is 0.0640. The van der Waals surface area contributed by atoms with E-state index in [2.05, 4.69) is 31.3 Å². The molecule has 3 aromatic rings. The van der Waals surface area contributed by atoms with Gasteiger partial charge < -0.3 is 5.32 Å². The maximum Gasteiger partial charge on any atom is 0.275 e. The van der Waals surface area contributed by atoms with Gasteiger partial charge in [0.1, 0.15) is 12.4 Å². The first-order valence-electron chi connectivity index (χ1n) is 7.96. The van der Waals surface area contributed by atoms with Gasteiger partial charge in [0.2, 0.25) is 5.91 Å². The van der Waals surface area contributed by atoms with E-state index in [4.69, 9.17) is 0 Å². The van der Waals surface area contributed by atoms with Gasteiger partial charge in [-0.2, -0.15) is 5.10 Å². The average Bonchev–Trinajstić information content (AvgIpc) is 2.57. The van der Waals surface area contributed by atoms with Crippen molar-refractivity contribution in [1.82, 2.24) is 14.8 Å². The van der Waals surface area contributed by atoms with Crippen molar-refractivity contribution in [1.29, 1.82) is 0 Å². The van der Waals surface area contributed by atoms with Crippen LogP contribution in [0.4, 0.5) is 10.1 Å². The van der Waals surface area contributed by atoms with Crippen molar-refractivity contribution in [2.45, 2.75) is 26.3 Å². The Bertz CT molecular complexity index is 1050. The predicted molar refractivity (Wildman–Crippen MR) is 101 cm³/mol. The standard InChI is InChI=1S/C18H16BrFN4O2/c1-10(2)17-15-5-11(19)3-4-14(15)18(26)24(23-17)9-16(25)22-13-6-12(20)7-21-8-13/h3-8,10H,9H2,1-2H3,(H,22,25). The number of anilines is 1. The number of amides is 1. The molecule has 3 rings (SSSR count). The van der Waals surface area contributed by atoms with Crippen LogP contribution in [0.25, 0.3) is 10.8 Å². The Morgan fingerprint density at radius 2 is 2.04 bits per heavy atom. The number of carbonyl (C=O) groups is 1. The second kappa shape index (κ2) is 7.33. The smallest absolute Gasteiger partial charge is 0.275 e. The molecule has 0 bridgehead atoms. The van der Waals surface area contributed by atoms with Crippen LogP contribution >= 0.6 is 15.9 Å². The van der Waals surface area contributed by atoms with Gasteiger partial charge in [0.05, 0.1) is 29.2 Å². The third-order valence-corrected chi connectivity index (χ3v) is 4.27. The van der Waals surface area contributed by atoms with Crippen molar-refractivity contribution in [2.75, 3.05) is 5.32 Å². The van der Waals surface area contributed by atoms with Gasteiger partial charge in [-0.3, -0.25) is 14.6 Å². The first-order chi connectivity index (χ1) is 12.3. The van der Waals surface area contributed by atoms with Gasteiger partial charge in [-0.05, 0) is 24.1 Å². The lowest BCUT2D eigenvalue weighted by atomic mass is 10.0. The number of nitrogens with zero attached hydrogens (tertiary/aromatic N) is 3. The van der Waals surface area contributed by atoms with Gasteiger partial charge in [0.25, 0.3) is 5.56 Å². The van der Waals surface area contributed by atoms with E-state index >= 15 is 0 Å². The topological polar surface area (TPSA) is 76.9 Å². The lowest BCUT2D eigenvalue weighted by Crippen LogP contribution is -2.31. The number of benzene rings is 1. The highest BCUT2D eigenvalue weighted by Gasteiger charge is 2.15. The van der Waals surface area contributed by atoms with E-state index in [-0.39, 0.29) is 23.7 Å². The molecular formula is C18H16BrFN4O2. The number of pyridine rings is 1. The zero-order chi connectivity index (χ0) is 18.8. The van der Waals surface area contributed by atoms with Crippen molar-refractivity contribution in [3.8, 4) is 0 Å². The fraction of sp³-hybridized carbons (Fsp3) is 0.222. The zero-order valence-electron chi connectivity index (χ0n) is 14.2. The maximum absolute atomic E-state index is 13.2. The first kappa shape index (κ1) is 18.2. The molecule has 6 nitrogen and oxygen atoms in total. The van der Waals surface area contributed by atoms with Crippen LogP contribution in [0.1, 0.15) is 25.5 Å². The molecule has 0 saturated heterocycles. The molecule has 1 N–H and O–H groups in total. The van der Waals surface area contributed by atoms with Crippen LogP contribution in [-0.2, 0) is 11.3 Å². The summed E-state index contributed by atoms with van der Waals surface area (Å²) in [5.74, 6) is -0.983. The van der Waals surface area contributed by atoms with Crippen molar-refractivity contribution in [3.05, 3.63) is 63.0 Å². The van der Waals surface area contributed by atoms with Gasteiger partial charge >= 0.3 is 0 Å². The van der Waals surface area contributed by atoms with E-state index in [9.17, 15) is 14.0 Å². The van der Waals surface area contributed by atoms with Crippen LogP contribution in [0, 0.1) is 5.82 Å². The fourth-order valence-corrected chi connectivity index (χ4v) is 2.99. The Morgan fingerprint density at radius 3 is 2.73 bits per heavy atom. The number of fused-ring (bicyclic) bond motifs is 1. The molecule has 26 heavy (non-hydrogen) atoms. The highest BCUT2D eigenvalue weighted by molar-refractivity contribution is 9.10. The molecule has 0 saturated carbocycles. The van der Waals surface area contributed by atoms with Crippen LogP contribution in [0.3, 0.4) is 0 Å². The third-order valence-electron chi connectivity index (χ3n) is 3.78. The molecule has 1 amide bonds. The van der Waals surface area contributed by atoms with Crippen molar-refractivity contribution in [3.63, 3.8) is 0 Å². The van der Waals surface area contributed by atoms with Gasteiger partial charge in [0, 0.05) is 15.9 Å². The SMILES string of the molecule is CC(C)c1nn(CC(=O)Nc2cncc(F)c2)c(=O)c2ccc(Br)cc12. The molecule has 2 heterocycles. The normalized spacial score (nSPS) is 11.1. The average molecular weight is 419 g/mol. The molecule has 0 aliphatic carbocycles. The summed E-state index contributed by atoms with van der Waals surface area (Å²) in [5, 5.41) is 8.14. The van der Waals surface area contributed by atoms with Crippen LogP contribution in [-0.4, -0.2) is 20.7 Å². The Kier molecular flexibility index (Phi) is 5.13. The first-order valence-corrected chi connectivity index (χ1v) is 8.75. The molecule has 134 valence electrons. The molecule has 8 heteroatoms. The number of halogens is 2. The summed E-state index contributed by atoms with van der Waals surface area (Å²) < 4.78 is 15.2. The Morgan fingerprint density at radius 1 is 1.27 bits per heavy atom. The molecule has 0 atom stereocenters. The van der Waals surface area contributed by atoms with Gasteiger partial charge in [0.15, 0.2) is 0 Å². The van der Waals surface area contributed by atoms with Gasteiger partial charge in [-0.1, -0.05) is 29.8 Å². The number of aromatic nitrogens is 3. The number of hydrogen-bond donors (Lipinski definition) is 1. The van der Waals surface area contributed by atoms with Crippen LogP contribution in [0.2, 0.25) is 0 Å². The zero-order valence-corrected chi connectivity index (χ0v) is 15.7. The van der Waals surface area contributed by atoms with E-state index in [0.29, 0.717) is 5.39 Å². The van der Waals surface area contributed by atoms with Gasteiger partial charge in [-0.25, -0.2) is 9.07 Å². The summed E-state index contributed by atoms with van der Waals surface area (Å²) in [5.41, 5.74) is 0.586. The minimum atomic E-state index is -0.559. The van der Waals surface area contributed by atoms with Crippen LogP contribution in [0.15, 0.2) is 45.9 Å². The minimum Gasteiger partial charge on any atom is -0.323 e. The predicted octanol–water partition coefficient (Wildman–Crippen LogP) is 3.46. The fourth-order valence-electron chi connectivity index (χ4n) is 2.63. The molecular weight excluding hydrogens is 403 g/mol. The Hall–Kier alpha value is -2.61. The highest BCUT2D eigenvalue weighted by atomic mass is 79.9. The maximum atomic E-state index is 13.2. The summed E-state index contributed by atoms with van der Waals surface area (Å²) in [6.07, 6.45) is 2.37. The number of carbonyl (C=O) groups excluding carboxylic acids is 1. The Balaban J connectivity index is 1.97. The van der Waals surface area contributed by atoms with Gasteiger partial charge in [-0.15, -0.1) is 0 Å².